The topological polar surface area (TPSA) is 45.6 Å². The number of benzene rings is 1. The maximum atomic E-state index is 13.5. The summed E-state index contributed by atoms with van der Waals surface area (Å²) in [4.78, 5) is 29.4. The third kappa shape index (κ3) is 5.00. The molecule has 5 nitrogen and oxygen atoms in total. The molecular formula is C22H28FN3O2. The minimum Gasteiger partial charge on any atom is -0.353 e. The second kappa shape index (κ2) is 9.04. The number of rotatable bonds is 9. The Balaban J connectivity index is 1.73. The fourth-order valence-electron chi connectivity index (χ4n) is 3.30. The van der Waals surface area contributed by atoms with Crippen molar-refractivity contribution in [3.05, 3.63) is 59.7 Å². The van der Waals surface area contributed by atoms with E-state index in [0.717, 1.165) is 31.4 Å². The largest absolute Gasteiger partial charge is 0.353 e. The molecule has 1 aliphatic rings. The lowest BCUT2D eigenvalue weighted by Crippen LogP contribution is -2.44. The van der Waals surface area contributed by atoms with Gasteiger partial charge in [0.2, 0.25) is 5.91 Å². The van der Waals surface area contributed by atoms with Crippen molar-refractivity contribution in [2.75, 3.05) is 13.1 Å². The fourth-order valence-corrected chi connectivity index (χ4v) is 3.30. The standard InChI is InChI=1S/C22H28FN3O2/c1-3-4-13-25(22(28)17-7-5-8-18(23)14-17)16-21(27)26(19-10-11-19)15-20-9-6-12-24(20)2/h5-9,12,14,19H,3-4,10-11,13,15-16H2,1-2H3. The van der Waals surface area contributed by atoms with Gasteiger partial charge in [0.1, 0.15) is 12.4 Å². The monoisotopic (exact) mass is 385 g/mol. The highest BCUT2D eigenvalue weighted by Gasteiger charge is 2.34. The van der Waals surface area contributed by atoms with Gasteiger partial charge in [0.05, 0.1) is 6.54 Å². The van der Waals surface area contributed by atoms with Gasteiger partial charge in [-0.3, -0.25) is 9.59 Å². The van der Waals surface area contributed by atoms with Crippen LogP contribution in [-0.4, -0.2) is 45.3 Å². The minimum absolute atomic E-state index is 0.0241. The van der Waals surface area contributed by atoms with E-state index < -0.39 is 5.82 Å². The number of hydrogen-bond donors (Lipinski definition) is 0. The Morgan fingerprint density at radius 1 is 1.21 bits per heavy atom. The zero-order valence-corrected chi connectivity index (χ0v) is 16.6. The fraction of sp³-hybridized carbons (Fsp3) is 0.455. The molecule has 0 aliphatic heterocycles. The summed E-state index contributed by atoms with van der Waals surface area (Å²) in [7, 11) is 1.96. The molecule has 1 saturated carbocycles. The highest BCUT2D eigenvalue weighted by atomic mass is 19.1. The molecule has 0 spiro atoms. The van der Waals surface area contributed by atoms with Crippen molar-refractivity contribution in [3.8, 4) is 0 Å². The summed E-state index contributed by atoms with van der Waals surface area (Å²) in [5.41, 5.74) is 1.35. The SMILES string of the molecule is CCCCN(CC(=O)N(Cc1cccn1C)C1CC1)C(=O)c1cccc(F)c1. The van der Waals surface area contributed by atoms with Crippen LogP contribution in [0.4, 0.5) is 4.39 Å². The van der Waals surface area contributed by atoms with Crippen LogP contribution in [0.2, 0.25) is 0 Å². The Morgan fingerprint density at radius 2 is 2.00 bits per heavy atom. The van der Waals surface area contributed by atoms with E-state index in [4.69, 9.17) is 0 Å². The van der Waals surface area contributed by atoms with Crippen molar-refractivity contribution in [1.29, 1.82) is 0 Å². The number of nitrogens with zero attached hydrogens (tertiary/aromatic N) is 3. The summed E-state index contributed by atoms with van der Waals surface area (Å²) < 4.78 is 15.6. The van der Waals surface area contributed by atoms with Gasteiger partial charge >= 0.3 is 0 Å². The Kier molecular flexibility index (Phi) is 6.49. The van der Waals surface area contributed by atoms with Gasteiger partial charge in [-0.25, -0.2) is 4.39 Å². The van der Waals surface area contributed by atoms with E-state index in [9.17, 15) is 14.0 Å². The zero-order valence-electron chi connectivity index (χ0n) is 16.6. The van der Waals surface area contributed by atoms with Crippen LogP contribution in [0.5, 0.6) is 0 Å². The van der Waals surface area contributed by atoms with Crippen LogP contribution < -0.4 is 0 Å². The van der Waals surface area contributed by atoms with E-state index in [1.807, 2.05) is 41.8 Å². The number of unbranched alkanes of at least 4 members (excludes halogenated alkanes) is 1. The lowest BCUT2D eigenvalue weighted by Gasteiger charge is -2.28. The maximum absolute atomic E-state index is 13.5. The van der Waals surface area contributed by atoms with Crippen LogP contribution in [0.3, 0.4) is 0 Å². The number of carbonyl (C=O) groups excluding carboxylic acids is 2. The molecule has 0 bridgehead atoms. The third-order valence-electron chi connectivity index (χ3n) is 5.16. The molecule has 0 atom stereocenters. The molecule has 150 valence electrons. The number of halogens is 1. The summed E-state index contributed by atoms with van der Waals surface area (Å²) >= 11 is 0. The zero-order chi connectivity index (χ0) is 20.1. The molecule has 2 amide bonds. The van der Waals surface area contributed by atoms with Gasteiger partial charge in [0.25, 0.3) is 5.91 Å². The Morgan fingerprint density at radius 3 is 2.61 bits per heavy atom. The number of hydrogen-bond acceptors (Lipinski definition) is 2. The van der Waals surface area contributed by atoms with Gasteiger partial charge in [-0.05, 0) is 49.6 Å². The number of carbonyl (C=O) groups is 2. The van der Waals surface area contributed by atoms with Gasteiger partial charge in [0.15, 0.2) is 0 Å². The Bertz CT molecular complexity index is 829. The Hall–Kier alpha value is -2.63. The van der Waals surface area contributed by atoms with Crippen LogP contribution in [0, 0.1) is 5.82 Å². The van der Waals surface area contributed by atoms with Crippen molar-refractivity contribution in [2.24, 2.45) is 7.05 Å². The van der Waals surface area contributed by atoms with Gasteiger partial charge in [-0.1, -0.05) is 19.4 Å². The number of amides is 2. The molecule has 0 N–H and O–H groups in total. The van der Waals surface area contributed by atoms with Crippen LogP contribution in [0.25, 0.3) is 0 Å². The van der Waals surface area contributed by atoms with E-state index in [-0.39, 0.29) is 30.0 Å². The molecule has 1 aliphatic carbocycles. The second-order valence-electron chi connectivity index (χ2n) is 7.45. The molecule has 28 heavy (non-hydrogen) atoms. The molecule has 1 heterocycles. The summed E-state index contributed by atoms with van der Waals surface area (Å²) in [5, 5.41) is 0. The van der Waals surface area contributed by atoms with Crippen molar-refractivity contribution in [2.45, 2.75) is 45.2 Å². The first-order valence-corrected chi connectivity index (χ1v) is 9.94. The van der Waals surface area contributed by atoms with E-state index >= 15 is 0 Å². The quantitative estimate of drug-likeness (QED) is 0.662. The second-order valence-corrected chi connectivity index (χ2v) is 7.45. The average Bonchev–Trinajstić information content (AvgIpc) is 3.44. The molecule has 1 aromatic carbocycles. The van der Waals surface area contributed by atoms with Gasteiger partial charge in [-0.2, -0.15) is 0 Å². The summed E-state index contributed by atoms with van der Waals surface area (Å²) in [5.74, 6) is -0.795. The molecule has 3 rings (SSSR count). The van der Waals surface area contributed by atoms with Gasteiger partial charge < -0.3 is 14.4 Å². The van der Waals surface area contributed by atoms with Crippen LogP contribution in [0.1, 0.15) is 48.7 Å². The third-order valence-corrected chi connectivity index (χ3v) is 5.16. The molecular weight excluding hydrogens is 357 g/mol. The van der Waals surface area contributed by atoms with Crippen molar-refractivity contribution in [3.63, 3.8) is 0 Å². The van der Waals surface area contributed by atoms with E-state index in [1.165, 1.54) is 18.2 Å². The van der Waals surface area contributed by atoms with Gasteiger partial charge in [0, 0.05) is 37.1 Å². The molecule has 2 aromatic rings. The predicted octanol–water partition coefficient (Wildman–Crippen LogP) is 3.60. The predicted molar refractivity (Wildman–Crippen MR) is 106 cm³/mol. The molecule has 0 unspecified atom stereocenters. The van der Waals surface area contributed by atoms with Crippen molar-refractivity contribution >= 4 is 11.8 Å². The first-order valence-electron chi connectivity index (χ1n) is 9.94. The first kappa shape index (κ1) is 20.1. The van der Waals surface area contributed by atoms with E-state index in [1.54, 1.807) is 11.0 Å². The Labute approximate surface area is 165 Å². The van der Waals surface area contributed by atoms with Crippen LogP contribution in [0.15, 0.2) is 42.6 Å². The average molecular weight is 385 g/mol. The molecule has 1 fully saturated rings. The lowest BCUT2D eigenvalue weighted by atomic mass is 10.1. The summed E-state index contributed by atoms with van der Waals surface area (Å²) in [6.07, 6.45) is 5.68. The summed E-state index contributed by atoms with van der Waals surface area (Å²) in [6.45, 7) is 3.10. The van der Waals surface area contributed by atoms with Crippen molar-refractivity contribution in [1.82, 2.24) is 14.4 Å². The highest BCUT2D eigenvalue weighted by molar-refractivity contribution is 5.96. The van der Waals surface area contributed by atoms with Crippen molar-refractivity contribution < 1.29 is 14.0 Å². The molecule has 0 saturated heterocycles. The molecule has 0 radical (unpaired) electrons. The summed E-state index contributed by atoms with van der Waals surface area (Å²) in [6, 6.07) is 9.88. The minimum atomic E-state index is -0.448. The van der Waals surface area contributed by atoms with E-state index in [2.05, 4.69) is 0 Å². The number of aromatic nitrogens is 1. The first-order chi connectivity index (χ1) is 13.5. The van der Waals surface area contributed by atoms with Gasteiger partial charge in [-0.15, -0.1) is 0 Å². The number of aryl methyl sites for hydroxylation is 1. The lowest BCUT2D eigenvalue weighted by molar-refractivity contribution is -0.133. The molecule has 6 heteroatoms. The van der Waals surface area contributed by atoms with Crippen LogP contribution in [-0.2, 0) is 18.4 Å². The maximum Gasteiger partial charge on any atom is 0.254 e. The smallest absolute Gasteiger partial charge is 0.254 e. The van der Waals surface area contributed by atoms with E-state index in [0.29, 0.717) is 13.1 Å². The van der Waals surface area contributed by atoms with Crippen LogP contribution >= 0.6 is 0 Å². The normalized spacial score (nSPS) is 13.4. The highest BCUT2D eigenvalue weighted by Crippen LogP contribution is 2.28. The molecule has 1 aromatic heterocycles.